The summed E-state index contributed by atoms with van der Waals surface area (Å²) in [7, 11) is 0. The number of benzene rings is 1. The number of carbonyl (C=O) groups excluding carboxylic acids is 1. The molecule has 1 amide bonds. The minimum atomic E-state index is -1.46. The second-order valence-corrected chi connectivity index (χ2v) is 4.92. The molecule has 0 bridgehead atoms. The van der Waals surface area contributed by atoms with Gasteiger partial charge in [0.25, 0.3) is 5.91 Å². The number of nitrogens with one attached hydrogen (secondary N) is 1. The van der Waals surface area contributed by atoms with Gasteiger partial charge in [0.1, 0.15) is 0 Å². The monoisotopic (exact) mass is 297 g/mol. The van der Waals surface area contributed by atoms with E-state index in [2.05, 4.69) is 5.32 Å². The average Bonchev–Trinajstić information content (AvgIpc) is 2.79. The van der Waals surface area contributed by atoms with Gasteiger partial charge in [0.2, 0.25) is 0 Å². The Morgan fingerprint density at radius 1 is 1.25 bits per heavy atom. The molecule has 20 heavy (non-hydrogen) atoms. The largest absolute Gasteiger partial charge is 0.478 e. The molecule has 0 aliphatic heterocycles. The molecule has 0 saturated heterocycles. The number of carboxylic acids is 1. The number of aromatic carboxylic acids is 1. The molecule has 0 spiro atoms. The predicted octanol–water partition coefficient (Wildman–Crippen LogP) is 3.29. The molecule has 1 aromatic carbocycles. The van der Waals surface area contributed by atoms with Crippen LogP contribution in [-0.2, 0) is 0 Å². The van der Waals surface area contributed by atoms with Crippen LogP contribution in [0.4, 0.5) is 14.5 Å². The van der Waals surface area contributed by atoms with Crippen molar-refractivity contribution in [2.45, 2.75) is 6.92 Å². The summed E-state index contributed by atoms with van der Waals surface area (Å²) >= 11 is 1.17. The number of thiophene rings is 1. The molecular weight excluding hydrogens is 288 g/mol. The first kappa shape index (κ1) is 14.1. The van der Waals surface area contributed by atoms with Crippen molar-refractivity contribution in [2.24, 2.45) is 0 Å². The van der Waals surface area contributed by atoms with E-state index >= 15 is 0 Å². The minimum Gasteiger partial charge on any atom is -0.478 e. The van der Waals surface area contributed by atoms with Crippen molar-refractivity contribution in [3.05, 3.63) is 51.2 Å². The van der Waals surface area contributed by atoms with Crippen molar-refractivity contribution >= 4 is 28.9 Å². The lowest BCUT2D eigenvalue weighted by Crippen LogP contribution is -2.15. The van der Waals surface area contributed by atoms with Crippen LogP contribution >= 0.6 is 11.3 Å². The molecule has 2 rings (SSSR count). The van der Waals surface area contributed by atoms with Gasteiger partial charge in [-0.1, -0.05) is 0 Å². The number of carboxylic acid groups (broad SMARTS) is 1. The summed E-state index contributed by atoms with van der Waals surface area (Å²) in [5.74, 6) is -4.53. The topological polar surface area (TPSA) is 66.4 Å². The van der Waals surface area contributed by atoms with E-state index in [1.807, 2.05) is 0 Å². The van der Waals surface area contributed by atoms with Gasteiger partial charge in [0.05, 0.1) is 16.1 Å². The van der Waals surface area contributed by atoms with Crippen LogP contribution in [0.2, 0.25) is 0 Å². The number of carbonyl (C=O) groups is 2. The highest BCUT2D eigenvalue weighted by molar-refractivity contribution is 7.12. The number of amides is 1. The van der Waals surface area contributed by atoms with Crippen molar-refractivity contribution in [3.8, 4) is 0 Å². The third-order valence-electron chi connectivity index (χ3n) is 2.61. The Labute approximate surface area is 116 Å². The lowest BCUT2D eigenvalue weighted by molar-refractivity contribution is 0.0697. The molecular formula is C13H9F2NO3S. The first-order valence-corrected chi connectivity index (χ1v) is 6.36. The second kappa shape index (κ2) is 5.38. The van der Waals surface area contributed by atoms with Crippen molar-refractivity contribution in [1.82, 2.24) is 0 Å². The summed E-state index contributed by atoms with van der Waals surface area (Å²) in [5, 5.41) is 12.9. The smallest absolute Gasteiger partial charge is 0.337 e. The minimum absolute atomic E-state index is 0.283. The molecule has 7 heteroatoms. The summed E-state index contributed by atoms with van der Waals surface area (Å²) in [4.78, 5) is 23.3. The van der Waals surface area contributed by atoms with Crippen LogP contribution in [-0.4, -0.2) is 17.0 Å². The Hall–Kier alpha value is -2.28. The highest BCUT2D eigenvalue weighted by Crippen LogP contribution is 2.23. The molecule has 1 heterocycles. The molecule has 0 aliphatic carbocycles. The first-order valence-electron chi connectivity index (χ1n) is 5.48. The molecule has 1 aromatic heterocycles. The Morgan fingerprint density at radius 2 is 1.90 bits per heavy atom. The van der Waals surface area contributed by atoms with Crippen molar-refractivity contribution in [1.29, 1.82) is 0 Å². The summed E-state index contributed by atoms with van der Waals surface area (Å²) in [5.41, 5.74) is -0.0763. The van der Waals surface area contributed by atoms with Gasteiger partial charge in [-0.05, 0) is 30.0 Å². The van der Waals surface area contributed by atoms with E-state index in [9.17, 15) is 18.4 Å². The van der Waals surface area contributed by atoms with Gasteiger partial charge in [-0.15, -0.1) is 11.3 Å². The van der Waals surface area contributed by atoms with Crippen LogP contribution in [0.15, 0.2) is 23.6 Å². The van der Waals surface area contributed by atoms with E-state index in [1.54, 1.807) is 18.4 Å². The molecule has 0 fully saturated rings. The van der Waals surface area contributed by atoms with Crippen molar-refractivity contribution < 1.29 is 23.5 Å². The fourth-order valence-electron chi connectivity index (χ4n) is 1.61. The third kappa shape index (κ3) is 2.67. The predicted molar refractivity (Wildman–Crippen MR) is 70.3 cm³/mol. The number of hydrogen-bond donors (Lipinski definition) is 2. The number of halogens is 2. The Kier molecular flexibility index (Phi) is 3.80. The summed E-state index contributed by atoms with van der Waals surface area (Å²) in [6.07, 6.45) is 0. The van der Waals surface area contributed by atoms with E-state index in [0.29, 0.717) is 22.6 Å². The molecule has 2 aromatic rings. The number of hydrogen-bond acceptors (Lipinski definition) is 3. The van der Waals surface area contributed by atoms with E-state index in [-0.39, 0.29) is 5.69 Å². The van der Waals surface area contributed by atoms with Gasteiger partial charge in [-0.25, -0.2) is 13.6 Å². The molecule has 0 atom stereocenters. The normalized spacial score (nSPS) is 10.3. The molecule has 0 aliphatic rings. The highest BCUT2D eigenvalue weighted by atomic mass is 32.1. The van der Waals surface area contributed by atoms with E-state index in [0.717, 1.165) is 0 Å². The van der Waals surface area contributed by atoms with Crippen molar-refractivity contribution in [3.63, 3.8) is 0 Å². The SMILES string of the molecule is Cc1ccsc1C(=O)Nc1cc(F)c(F)cc1C(=O)O. The van der Waals surface area contributed by atoms with E-state index < -0.39 is 29.1 Å². The third-order valence-corrected chi connectivity index (χ3v) is 3.62. The Morgan fingerprint density at radius 3 is 2.45 bits per heavy atom. The quantitative estimate of drug-likeness (QED) is 0.913. The van der Waals surface area contributed by atoms with Crippen LogP contribution in [0, 0.1) is 18.6 Å². The lowest BCUT2D eigenvalue weighted by Gasteiger charge is -2.09. The summed E-state index contributed by atoms with van der Waals surface area (Å²) in [6.45, 7) is 1.72. The van der Waals surface area contributed by atoms with Gasteiger partial charge in [0.15, 0.2) is 11.6 Å². The van der Waals surface area contributed by atoms with Crippen molar-refractivity contribution in [2.75, 3.05) is 5.32 Å². The van der Waals surface area contributed by atoms with Gasteiger partial charge >= 0.3 is 5.97 Å². The maximum atomic E-state index is 13.2. The van der Waals surface area contributed by atoms with E-state index in [1.165, 1.54) is 11.3 Å². The molecule has 104 valence electrons. The van der Waals surface area contributed by atoms with Gasteiger partial charge in [0, 0.05) is 6.07 Å². The second-order valence-electron chi connectivity index (χ2n) is 4.00. The van der Waals surface area contributed by atoms with Gasteiger partial charge < -0.3 is 10.4 Å². The van der Waals surface area contributed by atoms with Gasteiger partial charge in [-0.3, -0.25) is 4.79 Å². The van der Waals surface area contributed by atoms with Crippen LogP contribution in [0.3, 0.4) is 0 Å². The summed E-state index contributed by atoms with van der Waals surface area (Å²) < 4.78 is 26.2. The standard InChI is InChI=1S/C13H9F2NO3S/c1-6-2-3-20-11(6)12(17)16-10-5-9(15)8(14)4-7(10)13(18)19/h2-5H,1H3,(H,16,17)(H,18,19). The molecule has 4 nitrogen and oxygen atoms in total. The summed E-state index contributed by atoms with van der Waals surface area (Å²) in [6, 6.07) is 2.91. The van der Waals surface area contributed by atoms with Crippen LogP contribution < -0.4 is 5.32 Å². The molecule has 0 unspecified atom stereocenters. The number of aryl methyl sites for hydroxylation is 1. The molecule has 0 saturated carbocycles. The number of rotatable bonds is 3. The van der Waals surface area contributed by atoms with Crippen LogP contribution in [0.5, 0.6) is 0 Å². The Balaban J connectivity index is 2.38. The van der Waals surface area contributed by atoms with E-state index in [4.69, 9.17) is 5.11 Å². The van der Waals surface area contributed by atoms with Gasteiger partial charge in [-0.2, -0.15) is 0 Å². The maximum absolute atomic E-state index is 13.2. The zero-order chi connectivity index (χ0) is 14.9. The first-order chi connectivity index (χ1) is 9.40. The number of anilines is 1. The zero-order valence-corrected chi connectivity index (χ0v) is 11.1. The lowest BCUT2D eigenvalue weighted by atomic mass is 10.1. The fourth-order valence-corrected chi connectivity index (χ4v) is 2.43. The maximum Gasteiger partial charge on any atom is 0.337 e. The zero-order valence-electron chi connectivity index (χ0n) is 10.2. The average molecular weight is 297 g/mol. The van der Waals surface area contributed by atoms with Crippen LogP contribution in [0.25, 0.3) is 0 Å². The van der Waals surface area contributed by atoms with Crippen LogP contribution in [0.1, 0.15) is 25.6 Å². The Bertz CT molecular complexity index is 697. The molecule has 0 radical (unpaired) electrons. The fraction of sp³-hybridized carbons (Fsp3) is 0.0769. The molecule has 2 N–H and O–H groups in total. The highest BCUT2D eigenvalue weighted by Gasteiger charge is 2.18.